The lowest BCUT2D eigenvalue weighted by Crippen LogP contribution is -2.29. The molecule has 3 aromatic rings. The Balaban J connectivity index is 1.34. The molecule has 1 amide bonds. The fourth-order valence-electron chi connectivity index (χ4n) is 4.24. The van der Waals surface area contributed by atoms with E-state index in [4.69, 9.17) is 0 Å². The van der Waals surface area contributed by atoms with Gasteiger partial charge in [-0.3, -0.25) is 4.79 Å². The lowest BCUT2D eigenvalue weighted by atomic mass is 10.1. The average Bonchev–Trinajstić information content (AvgIpc) is 3.26. The van der Waals surface area contributed by atoms with Crippen LogP contribution in [-0.2, 0) is 17.9 Å². The van der Waals surface area contributed by atoms with Crippen LogP contribution in [0, 0.1) is 6.92 Å². The predicted molar refractivity (Wildman–Crippen MR) is 136 cm³/mol. The second-order valence-corrected chi connectivity index (χ2v) is 9.62. The summed E-state index contributed by atoms with van der Waals surface area (Å²) in [5.74, 6) is 1.27. The highest BCUT2D eigenvalue weighted by Crippen LogP contribution is 2.25. The van der Waals surface area contributed by atoms with Crippen molar-refractivity contribution in [3.05, 3.63) is 59.7 Å². The van der Waals surface area contributed by atoms with Gasteiger partial charge in [-0.2, -0.15) is 0 Å². The normalized spacial score (nSPS) is 13.8. The molecule has 0 aliphatic carbocycles. The van der Waals surface area contributed by atoms with E-state index in [9.17, 15) is 4.79 Å². The fraction of sp³-hybridized carbons (Fsp3) is 0.423. The number of thioether (sulfide) groups is 1. The second kappa shape index (κ2) is 10.9. The van der Waals surface area contributed by atoms with E-state index in [1.54, 1.807) is 4.90 Å². The zero-order chi connectivity index (χ0) is 23.2. The first-order valence-corrected chi connectivity index (χ1v) is 12.7. The lowest BCUT2D eigenvalue weighted by molar-refractivity contribution is -0.127. The van der Waals surface area contributed by atoms with E-state index in [1.807, 2.05) is 19.2 Å². The number of benzene rings is 2. The maximum atomic E-state index is 12.8. The number of rotatable bonds is 8. The van der Waals surface area contributed by atoms with Crippen LogP contribution in [0.15, 0.2) is 53.7 Å². The molecule has 0 unspecified atom stereocenters. The molecule has 174 valence electrons. The summed E-state index contributed by atoms with van der Waals surface area (Å²) in [5.41, 5.74) is 4.67. The van der Waals surface area contributed by atoms with Gasteiger partial charge in [0.15, 0.2) is 11.0 Å². The number of nitrogens with zero attached hydrogens (tertiary/aromatic N) is 5. The van der Waals surface area contributed by atoms with Gasteiger partial charge in [-0.15, -0.1) is 10.2 Å². The Morgan fingerprint density at radius 3 is 2.52 bits per heavy atom. The highest BCUT2D eigenvalue weighted by atomic mass is 32.2. The molecule has 4 rings (SSSR count). The van der Waals surface area contributed by atoms with Gasteiger partial charge in [0.2, 0.25) is 5.91 Å². The third kappa shape index (κ3) is 5.77. The maximum absolute atomic E-state index is 12.8. The van der Waals surface area contributed by atoms with Crippen molar-refractivity contribution in [3.63, 3.8) is 0 Å². The molecule has 0 saturated carbocycles. The van der Waals surface area contributed by atoms with Crippen molar-refractivity contribution in [3.8, 4) is 11.4 Å². The van der Waals surface area contributed by atoms with E-state index in [2.05, 4.69) is 69.9 Å². The summed E-state index contributed by atoms with van der Waals surface area (Å²) >= 11 is 1.45. The van der Waals surface area contributed by atoms with E-state index in [0.717, 1.165) is 41.7 Å². The third-order valence-electron chi connectivity index (χ3n) is 6.14. The van der Waals surface area contributed by atoms with Crippen LogP contribution in [-0.4, -0.2) is 51.5 Å². The summed E-state index contributed by atoms with van der Waals surface area (Å²) in [6, 6.07) is 16.9. The molecular weight excluding hydrogens is 430 g/mol. The number of aromatic nitrogens is 3. The minimum Gasteiger partial charge on any atom is -0.372 e. The van der Waals surface area contributed by atoms with Crippen molar-refractivity contribution in [2.45, 2.75) is 51.4 Å². The SMILES string of the molecule is CCn1c(SCC(=O)N(C)Cc2ccc(N3CCCCC3)cc2)nnc1-c1cccc(C)c1. The molecule has 1 aliphatic rings. The molecule has 7 heteroatoms. The van der Waals surface area contributed by atoms with Gasteiger partial charge in [-0.25, -0.2) is 0 Å². The molecular formula is C26H33N5OS. The Morgan fingerprint density at radius 1 is 1.06 bits per heavy atom. The molecule has 2 heterocycles. The predicted octanol–water partition coefficient (Wildman–Crippen LogP) is 5.01. The second-order valence-electron chi connectivity index (χ2n) is 8.67. The number of aryl methyl sites for hydroxylation is 1. The zero-order valence-corrected chi connectivity index (χ0v) is 20.6. The molecule has 0 N–H and O–H groups in total. The Bertz CT molecular complexity index is 1070. The molecule has 1 aromatic heterocycles. The summed E-state index contributed by atoms with van der Waals surface area (Å²) in [5, 5.41) is 9.54. The van der Waals surface area contributed by atoms with E-state index in [-0.39, 0.29) is 5.91 Å². The van der Waals surface area contributed by atoms with E-state index < -0.39 is 0 Å². The van der Waals surface area contributed by atoms with Crippen LogP contribution in [0.2, 0.25) is 0 Å². The van der Waals surface area contributed by atoms with Crippen LogP contribution in [0.25, 0.3) is 11.4 Å². The quantitative estimate of drug-likeness (QED) is 0.439. The molecule has 0 atom stereocenters. The minimum absolute atomic E-state index is 0.0860. The summed E-state index contributed by atoms with van der Waals surface area (Å²) in [7, 11) is 1.87. The molecule has 0 spiro atoms. The minimum atomic E-state index is 0.0860. The van der Waals surface area contributed by atoms with Gasteiger partial charge >= 0.3 is 0 Å². The number of carbonyl (C=O) groups excluding carboxylic acids is 1. The van der Waals surface area contributed by atoms with Crippen molar-refractivity contribution >= 4 is 23.4 Å². The Morgan fingerprint density at radius 2 is 1.82 bits per heavy atom. The standard InChI is InChI=1S/C26H33N5OS/c1-4-31-25(22-10-8-9-20(2)17-22)27-28-26(31)33-19-24(32)29(3)18-21-11-13-23(14-12-21)30-15-6-5-7-16-30/h8-14,17H,4-7,15-16,18-19H2,1-3H3. The van der Waals surface area contributed by atoms with Crippen molar-refractivity contribution < 1.29 is 4.79 Å². The first-order chi connectivity index (χ1) is 16.0. The van der Waals surface area contributed by atoms with E-state index >= 15 is 0 Å². The Kier molecular flexibility index (Phi) is 7.70. The number of amides is 1. The molecule has 0 radical (unpaired) electrons. The van der Waals surface area contributed by atoms with Gasteiger partial charge in [0.1, 0.15) is 0 Å². The van der Waals surface area contributed by atoms with Crippen LogP contribution in [0.3, 0.4) is 0 Å². The summed E-state index contributed by atoms with van der Waals surface area (Å²) < 4.78 is 2.08. The average molecular weight is 464 g/mol. The summed E-state index contributed by atoms with van der Waals surface area (Å²) in [4.78, 5) is 17.0. The van der Waals surface area contributed by atoms with Crippen LogP contribution in [0.4, 0.5) is 5.69 Å². The number of anilines is 1. The van der Waals surface area contributed by atoms with Gasteiger partial charge in [0.25, 0.3) is 0 Å². The fourth-order valence-corrected chi connectivity index (χ4v) is 5.18. The third-order valence-corrected chi connectivity index (χ3v) is 7.09. The summed E-state index contributed by atoms with van der Waals surface area (Å²) in [6.07, 6.45) is 3.88. The number of hydrogen-bond acceptors (Lipinski definition) is 5. The molecule has 2 aromatic carbocycles. The molecule has 33 heavy (non-hydrogen) atoms. The highest BCUT2D eigenvalue weighted by molar-refractivity contribution is 7.99. The molecule has 1 aliphatic heterocycles. The van der Waals surface area contributed by atoms with Crippen LogP contribution in [0.1, 0.15) is 37.3 Å². The van der Waals surface area contributed by atoms with E-state index in [1.165, 1.54) is 42.3 Å². The lowest BCUT2D eigenvalue weighted by Gasteiger charge is -2.29. The number of hydrogen-bond donors (Lipinski definition) is 0. The molecule has 1 fully saturated rings. The van der Waals surface area contributed by atoms with E-state index in [0.29, 0.717) is 12.3 Å². The highest BCUT2D eigenvalue weighted by Gasteiger charge is 2.17. The molecule has 0 bridgehead atoms. The van der Waals surface area contributed by atoms with Gasteiger partial charge in [0.05, 0.1) is 5.75 Å². The van der Waals surface area contributed by atoms with Gasteiger partial charge in [-0.05, 0) is 56.9 Å². The summed E-state index contributed by atoms with van der Waals surface area (Å²) in [6.45, 7) is 7.79. The largest absolute Gasteiger partial charge is 0.372 e. The van der Waals surface area contributed by atoms with Gasteiger partial charge < -0.3 is 14.4 Å². The maximum Gasteiger partial charge on any atom is 0.233 e. The van der Waals surface area contributed by atoms with Crippen LogP contribution >= 0.6 is 11.8 Å². The number of piperidine rings is 1. The van der Waals surface area contributed by atoms with Crippen molar-refractivity contribution in [2.75, 3.05) is 30.8 Å². The Labute approximate surface area is 201 Å². The van der Waals surface area contributed by atoms with Crippen molar-refractivity contribution in [1.29, 1.82) is 0 Å². The topological polar surface area (TPSA) is 54.3 Å². The number of carbonyl (C=O) groups is 1. The first kappa shape index (κ1) is 23.4. The van der Waals surface area contributed by atoms with Gasteiger partial charge in [-0.1, -0.05) is 47.7 Å². The van der Waals surface area contributed by atoms with Crippen LogP contribution < -0.4 is 4.90 Å². The first-order valence-electron chi connectivity index (χ1n) is 11.8. The van der Waals surface area contributed by atoms with Gasteiger partial charge in [0, 0.05) is 44.5 Å². The zero-order valence-electron chi connectivity index (χ0n) is 19.8. The molecule has 6 nitrogen and oxygen atoms in total. The smallest absolute Gasteiger partial charge is 0.233 e. The monoisotopic (exact) mass is 463 g/mol. The van der Waals surface area contributed by atoms with Crippen molar-refractivity contribution in [2.24, 2.45) is 0 Å². The Hall–Kier alpha value is -2.80. The molecule has 1 saturated heterocycles. The van der Waals surface area contributed by atoms with Crippen molar-refractivity contribution in [1.82, 2.24) is 19.7 Å². The van der Waals surface area contributed by atoms with Crippen LogP contribution in [0.5, 0.6) is 0 Å².